The van der Waals surface area contributed by atoms with E-state index in [0.717, 1.165) is 18.1 Å². The van der Waals surface area contributed by atoms with Gasteiger partial charge in [-0.1, -0.05) is 13.8 Å². The van der Waals surface area contributed by atoms with Gasteiger partial charge in [0.25, 0.3) is 5.91 Å². The number of imidazole rings is 1. The molecule has 1 aromatic heterocycles. The highest BCUT2D eigenvalue weighted by molar-refractivity contribution is 5.94. The highest BCUT2D eigenvalue weighted by atomic mass is 16.5. The van der Waals surface area contributed by atoms with Gasteiger partial charge in [-0.3, -0.25) is 4.79 Å². The minimum Gasteiger partial charge on any atom is -0.493 e. The Balaban J connectivity index is 1.75. The second-order valence-electron chi connectivity index (χ2n) is 6.84. The van der Waals surface area contributed by atoms with E-state index in [0.29, 0.717) is 31.2 Å². The lowest BCUT2D eigenvalue weighted by Gasteiger charge is -2.35. The fourth-order valence-electron chi connectivity index (χ4n) is 3.00. The molecule has 0 aliphatic carbocycles. The maximum Gasteiger partial charge on any atom is 0.254 e. The van der Waals surface area contributed by atoms with E-state index in [1.807, 2.05) is 47.0 Å². The molecule has 1 fully saturated rings. The third-order valence-electron chi connectivity index (χ3n) is 4.35. The number of hydrogen-bond donors (Lipinski definition) is 1. The zero-order valence-corrected chi connectivity index (χ0v) is 15.1. The summed E-state index contributed by atoms with van der Waals surface area (Å²) in [5, 5.41) is 3.36. The van der Waals surface area contributed by atoms with Crippen LogP contribution in [0.5, 0.6) is 5.75 Å². The van der Waals surface area contributed by atoms with Gasteiger partial charge in [-0.05, 0) is 30.2 Å². The lowest BCUT2D eigenvalue weighted by Crippen LogP contribution is -2.49. The first kappa shape index (κ1) is 17.5. The van der Waals surface area contributed by atoms with Crippen LogP contribution in [-0.2, 0) is 7.05 Å². The molecule has 1 saturated heterocycles. The molecule has 6 heteroatoms. The van der Waals surface area contributed by atoms with Crippen LogP contribution in [0.1, 0.15) is 36.1 Å². The van der Waals surface area contributed by atoms with Crippen LogP contribution in [-0.4, -0.2) is 46.6 Å². The van der Waals surface area contributed by atoms with Gasteiger partial charge in [0.1, 0.15) is 17.6 Å². The van der Waals surface area contributed by atoms with Crippen LogP contribution in [0.2, 0.25) is 0 Å². The normalized spacial score (nSPS) is 17.8. The molecule has 1 N–H and O–H groups in total. The summed E-state index contributed by atoms with van der Waals surface area (Å²) in [6.07, 6.45) is 3.68. The van der Waals surface area contributed by atoms with Gasteiger partial charge in [0.2, 0.25) is 0 Å². The highest BCUT2D eigenvalue weighted by Gasteiger charge is 2.30. The smallest absolute Gasteiger partial charge is 0.254 e. The monoisotopic (exact) mass is 342 g/mol. The largest absolute Gasteiger partial charge is 0.493 e. The number of carbonyl (C=O) groups excluding carboxylic acids is 1. The van der Waals surface area contributed by atoms with Gasteiger partial charge >= 0.3 is 0 Å². The van der Waals surface area contributed by atoms with Crippen LogP contribution in [0.4, 0.5) is 0 Å². The van der Waals surface area contributed by atoms with E-state index in [9.17, 15) is 4.79 Å². The lowest BCUT2D eigenvalue weighted by molar-refractivity contribution is 0.0621. The van der Waals surface area contributed by atoms with Crippen molar-refractivity contribution in [3.05, 3.63) is 48.0 Å². The molecule has 0 bridgehead atoms. The van der Waals surface area contributed by atoms with E-state index in [-0.39, 0.29) is 11.9 Å². The van der Waals surface area contributed by atoms with Crippen molar-refractivity contribution in [2.75, 3.05) is 26.2 Å². The molecule has 134 valence electrons. The van der Waals surface area contributed by atoms with E-state index in [4.69, 9.17) is 4.74 Å². The van der Waals surface area contributed by atoms with Gasteiger partial charge in [0, 0.05) is 44.6 Å². The fraction of sp³-hybridized carbons (Fsp3) is 0.474. The zero-order chi connectivity index (χ0) is 17.8. The number of piperazine rings is 1. The van der Waals surface area contributed by atoms with Crippen molar-refractivity contribution < 1.29 is 9.53 Å². The van der Waals surface area contributed by atoms with Crippen molar-refractivity contribution in [2.45, 2.75) is 19.9 Å². The molecule has 1 amide bonds. The van der Waals surface area contributed by atoms with Gasteiger partial charge in [-0.25, -0.2) is 4.98 Å². The van der Waals surface area contributed by atoms with Crippen molar-refractivity contribution >= 4 is 5.91 Å². The summed E-state index contributed by atoms with van der Waals surface area (Å²) in [5.41, 5.74) is 0.679. The number of hydrogen-bond acceptors (Lipinski definition) is 4. The zero-order valence-electron chi connectivity index (χ0n) is 15.1. The first-order chi connectivity index (χ1) is 12.1. The Hall–Kier alpha value is -2.34. The average Bonchev–Trinajstić information content (AvgIpc) is 3.05. The van der Waals surface area contributed by atoms with Gasteiger partial charge in [0.05, 0.1) is 6.61 Å². The Morgan fingerprint density at radius 2 is 2.12 bits per heavy atom. The predicted octanol–water partition coefficient (Wildman–Crippen LogP) is 2.24. The van der Waals surface area contributed by atoms with Crippen molar-refractivity contribution in [1.29, 1.82) is 0 Å². The molecule has 0 radical (unpaired) electrons. The third-order valence-corrected chi connectivity index (χ3v) is 4.35. The van der Waals surface area contributed by atoms with Crippen molar-refractivity contribution in [2.24, 2.45) is 13.0 Å². The summed E-state index contributed by atoms with van der Waals surface area (Å²) in [6.45, 7) is 7.07. The molecule has 25 heavy (non-hydrogen) atoms. The number of nitrogens with one attached hydrogen (secondary N) is 1. The topological polar surface area (TPSA) is 59.4 Å². The minimum atomic E-state index is -0.0573. The number of aryl methyl sites for hydroxylation is 1. The molecule has 1 aromatic carbocycles. The van der Waals surface area contributed by atoms with Crippen molar-refractivity contribution in [1.82, 2.24) is 19.8 Å². The summed E-state index contributed by atoms with van der Waals surface area (Å²) >= 11 is 0. The fourth-order valence-corrected chi connectivity index (χ4v) is 3.00. The molecule has 3 rings (SSSR count). The summed E-state index contributed by atoms with van der Waals surface area (Å²) in [6, 6.07) is 7.37. The van der Waals surface area contributed by atoms with Crippen LogP contribution in [0, 0.1) is 5.92 Å². The van der Waals surface area contributed by atoms with E-state index in [2.05, 4.69) is 24.1 Å². The first-order valence-electron chi connectivity index (χ1n) is 8.78. The molecule has 1 atom stereocenters. The summed E-state index contributed by atoms with van der Waals surface area (Å²) in [4.78, 5) is 19.3. The van der Waals surface area contributed by atoms with E-state index >= 15 is 0 Å². The second kappa shape index (κ2) is 7.70. The number of carbonyl (C=O) groups is 1. The maximum atomic E-state index is 13.0. The predicted molar refractivity (Wildman–Crippen MR) is 96.6 cm³/mol. The molecule has 6 nitrogen and oxygen atoms in total. The van der Waals surface area contributed by atoms with Crippen molar-refractivity contribution in [3.63, 3.8) is 0 Å². The Kier molecular flexibility index (Phi) is 5.38. The van der Waals surface area contributed by atoms with Crippen LogP contribution in [0.3, 0.4) is 0 Å². The molecule has 0 spiro atoms. The van der Waals surface area contributed by atoms with Gasteiger partial charge in [-0.2, -0.15) is 0 Å². The van der Waals surface area contributed by atoms with Crippen LogP contribution in [0.25, 0.3) is 0 Å². The van der Waals surface area contributed by atoms with Crippen LogP contribution >= 0.6 is 0 Å². The van der Waals surface area contributed by atoms with Crippen LogP contribution in [0.15, 0.2) is 36.7 Å². The van der Waals surface area contributed by atoms with Crippen molar-refractivity contribution in [3.8, 4) is 5.75 Å². The van der Waals surface area contributed by atoms with E-state index < -0.39 is 0 Å². The quantitative estimate of drug-likeness (QED) is 0.905. The standard InChI is InChI=1S/C19H26N4O2/c1-14(2)13-25-16-6-4-15(5-7-16)19(24)23-11-8-20-12-17(23)18-21-9-10-22(18)3/h4-7,9-10,14,17,20H,8,11-13H2,1-3H3. The molecule has 1 aliphatic rings. The Morgan fingerprint density at radius 3 is 2.76 bits per heavy atom. The second-order valence-corrected chi connectivity index (χ2v) is 6.84. The van der Waals surface area contributed by atoms with Gasteiger partial charge in [0.15, 0.2) is 0 Å². The van der Waals surface area contributed by atoms with Gasteiger partial charge in [-0.15, -0.1) is 0 Å². The number of benzene rings is 1. The molecule has 0 saturated carbocycles. The van der Waals surface area contributed by atoms with E-state index in [1.165, 1.54) is 0 Å². The van der Waals surface area contributed by atoms with Crippen LogP contribution < -0.4 is 10.1 Å². The minimum absolute atomic E-state index is 0.0323. The third kappa shape index (κ3) is 4.02. The number of nitrogens with zero attached hydrogens (tertiary/aromatic N) is 3. The molecular weight excluding hydrogens is 316 g/mol. The molecule has 2 heterocycles. The Labute approximate surface area is 148 Å². The average molecular weight is 342 g/mol. The highest BCUT2D eigenvalue weighted by Crippen LogP contribution is 2.23. The number of amides is 1. The number of rotatable bonds is 5. The number of aromatic nitrogens is 2. The lowest BCUT2D eigenvalue weighted by atomic mass is 10.1. The molecule has 1 aliphatic heterocycles. The maximum absolute atomic E-state index is 13.0. The first-order valence-corrected chi connectivity index (χ1v) is 8.78. The summed E-state index contributed by atoms with van der Waals surface area (Å²) < 4.78 is 7.67. The molecule has 2 aromatic rings. The summed E-state index contributed by atoms with van der Waals surface area (Å²) in [7, 11) is 1.96. The SMILES string of the molecule is CC(C)COc1ccc(C(=O)N2CCNCC2c2nccn2C)cc1. The Morgan fingerprint density at radius 1 is 1.36 bits per heavy atom. The summed E-state index contributed by atoms with van der Waals surface area (Å²) in [5.74, 6) is 2.20. The molecular formula is C19H26N4O2. The van der Waals surface area contributed by atoms with E-state index in [1.54, 1.807) is 6.20 Å². The number of ether oxygens (including phenoxy) is 1. The Bertz CT molecular complexity index is 708. The van der Waals surface area contributed by atoms with Gasteiger partial charge < -0.3 is 19.5 Å². The molecule has 1 unspecified atom stereocenters.